The topological polar surface area (TPSA) is 55.6 Å². The predicted octanol–water partition coefficient (Wildman–Crippen LogP) is 2.43. The monoisotopic (exact) mass is 287 g/mol. The summed E-state index contributed by atoms with van der Waals surface area (Å²) in [5, 5.41) is 8.82. The Labute approximate surface area is 121 Å². The highest BCUT2D eigenvalue weighted by Crippen LogP contribution is 2.21. The van der Waals surface area contributed by atoms with E-state index in [0.717, 1.165) is 16.3 Å². The van der Waals surface area contributed by atoms with Gasteiger partial charge < -0.3 is 5.32 Å². The van der Waals surface area contributed by atoms with Crippen LogP contribution >= 0.6 is 11.3 Å². The molecule has 0 spiro atoms. The molecule has 0 aliphatic heterocycles. The van der Waals surface area contributed by atoms with Crippen molar-refractivity contribution in [3.8, 4) is 0 Å². The number of hydrogen-bond acceptors (Lipinski definition) is 5. The summed E-state index contributed by atoms with van der Waals surface area (Å²) in [5.74, 6) is 0.819. The average Bonchev–Trinajstić information content (AvgIpc) is 3.02. The summed E-state index contributed by atoms with van der Waals surface area (Å²) >= 11 is 1.70. The van der Waals surface area contributed by atoms with Crippen LogP contribution in [-0.2, 0) is 13.1 Å². The van der Waals surface area contributed by atoms with Crippen LogP contribution in [0.2, 0.25) is 0 Å². The van der Waals surface area contributed by atoms with Crippen LogP contribution in [0.25, 0.3) is 10.2 Å². The molecule has 2 heterocycles. The number of nitrogens with one attached hydrogen (secondary N) is 1. The Bertz CT molecular complexity index is 667. The van der Waals surface area contributed by atoms with Crippen LogP contribution in [0.3, 0.4) is 0 Å². The van der Waals surface area contributed by atoms with Crippen molar-refractivity contribution in [1.29, 1.82) is 0 Å². The van der Waals surface area contributed by atoms with Gasteiger partial charge in [0.1, 0.15) is 11.3 Å². The van der Waals surface area contributed by atoms with Crippen LogP contribution in [-0.4, -0.2) is 25.8 Å². The zero-order chi connectivity index (χ0) is 13.9. The van der Waals surface area contributed by atoms with Gasteiger partial charge in [0, 0.05) is 6.04 Å². The summed E-state index contributed by atoms with van der Waals surface area (Å²) in [6, 6.07) is 8.61. The molecule has 0 aliphatic carbocycles. The van der Waals surface area contributed by atoms with Crippen LogP contribution in [0.4, 0.5) is 0 Å². The number of benzene rings is 1. The largest absolute Gasteiger partial charge is 0.308 e. The molecule has 0 fully saturated rings. The number of hydrogen-bond donors (Lipinski definition) is 1. The van der Waals surface area contributed by atoms with E-state index in [9.17, 15) is 0 Å². The van der Waals surface area contributed by atoms with Crippen LogP contribution in [0.5, 0.6) is 0 Å². The van der Waals surface area contributed by atoms with Gasteiger partial charge in [-0.25, -0.2) is 14.6 Å². The lowest BCUT2D eigenvalue weighted by molar-refractivity contribution is 0.565. The second-order valence-corrected chi connectivity index (χ2v) is 6.08. The van der Waals surface area contributed by atoms with Crippen molar-refractivity contribution >= 4 is 21.6 Å². The summed E-state index contributed by atoms with van der Waals surface area (Å²) in [4.78, 5) is 8.91. The highest BCUT2D eigenvalue weighted by Gasteiger charge is 2.06. The molecule has 2 aromatic heterocycles. The molecule has 0 amide bonds. The molecule has 0 aliphatic rings. The minimum Gasteiger partial charge on any atom is -0.308 e. The fourth-order valence-corrected chi connectivity index (χ4v) is 2.87. The van der Waals surface area contributed by atoms with Gasteiger partial charge in [-0.2, -0.15) is 5.10 Å². The number of thiazole rings is 1. The number of aromatic nitrogens is 4. The van der Waals surface area contributed by atoms with Gasteiger partial charge in [-0.15, -0.1) is 11.3 Å². The first-order chi connectivity index (χ1) is 9.70. The third-order valence-corrected chi connectivity index (χ3v) is 3.91. The van der Waals surface area contributed by atoms with Gasteiger partial charge in [0.2, 0.25) is 0 Å². The van der Waals surface area contributed by atoms with Crippen LogP contribution in [0.15, 0.2) is 30.6 Å². The molecule has 6 heteroatoms. The number of fused-ring (bicyclic) bond motifs is 1. The molecule has 0 saturated carbocycles. The molecule has 5 nitrogen and oxygen atoms in total. The van der Waals surface area contributed by atoms with Crippen molar-refractivity contribution in [1.82, 2.24) is 25.1 Å². The van der Waals surface area contributed by atoms with Crippen LogP contribution in [0, 0.1) is 0 Å². The van der Waals surface area contributed by atoms with E-state index in [1.54, 1.807) is 17.7 Å². The van der Waals surface area contributed by atoms with Crippen molar-refractivity contribution in [2.75, 3.05) is 0 Å². The standard InChI is InChI=1S/C14H17N5S/c1-10(2)15-7-13-16-9-19(18-13)8-14-17-11-5-3-4-6-12(11)20-14/h3-6,9-10,15H,7-8H2,1-2H3. The highest BCUT2D eigenvalue weighted by molar-refractivity contribution is 7.18. The van der Waals surface area contributed by atoms with E-state index in [4.69, 9.17) is 0 Å². The van der Waals surface area contributed by atoms with E-state index >= 15 is 0 Å². The quantitative estimate of drug-likeness (QED) is 0.783. The third kappa shape index (κ3) is 3.02. The van der Waals surface area contributed by atoms with Crippen molar-refractivity contribution in [3.63, 3.8) is 0 Å². The molecule has 20 heavy (non-hydrogen) atoms. The minimum atomic E-state index is 0.436. The molecular weight excluding hydrogens is 270 g/mol. The van der Waals surface area contributed by atoms with Crippen LogP contribution < -0.4 is 5.32 Å². The average molecular weight is 287 g/mol. The fraction of sp³-hybridized carbons (Fsp3) is 0.357. The Morgan fingerprint density at radius 1 is 1.30 bits per heavy atom. The summed E-state index contributed by atoms with van der Waals surface area (Å²) in [5.41, 5.74) is 1.05. The van der Waals surface area contributed by atoms with E-state index < -0.39 is 0 Å². The molecule has 1 N–H and O–H groups in total. The summed E-state index contributed by atoms with van der Waals surface area (Å²) in [7, 11) is 0. The second kappa shape index (κ2) is 5.68. The molecule has 1 aromatic carbocycles. The van der Waals surface area contributed by atoms with E-state index in [1.165, 1.54) is 4.70 Å². The molecule has 0 unspecified atom stereocenters. The smallest absolute Gasteiger partial charge is 0.164 e. The van der Waals surface area contributed by atoms with E-state index in [0.29, 0.717) is 19.1 Å². The molecule has 0 atom stereocenters. The van der Waals surface area contributed by atoms with Gasteiger partial charge in [-0.05, 0) is 12.1 Å². The number of nitrogens with zero attached hydrogens (tertiary/aromatic N) is 4. The minimum absolute atomic E-state index is 0.436. The van der Waals surface area contributed by atoms with Gasteiger partial charge in [0.25, 0.3) is 0 Å². The van der Waals surface area contributed by atoms with Gasteiger partial charge in [0.05, 0.1) is 23.3 Å². The third-order valence-electron chi connectivity index (χ3n) is 2.89. The molecule has 104 valence electrons. The Kier molecular flexibility index (Phi) is 3.75. The highest BCUT2D eigenvalue weighted by atomic mass is 32.1. The number of rotatable bonds is 5. The Morgan fingerprint density at radius 2 is 2.15 bits per heavy atom. The summed E-state index contributed by atoms with van der Waals surface area (Å²) in [6.07, 6.45) is 1.77. The molecule has 0 saturated heterocycles. The molecule has 0 radical (unpaired) electrons. The maximum atomic E-state index is 4.61. The number of para-hydroxylation sites is 1. The van der Waals surface area contributed by atoms with Crippen molar-refractivity contribution in [3.05, 3.63) is 41.4 Å². The second-order valence-electron chi connectivity index (χ2n) is 4.97. The van der Waals surface area contributed by atoms with Crippen LogP contribution in [0.1, 0.15) is 24.7 Å². The van der Waals surface area contributed by atoms with E-state index in [1.807, 2.05) is 22.9 Å². The molecule has 3 rings (SSSR count). The maximum absolute atomic E-state index is 4.61. The van der Waals surface area contributed by atoms with Crippen molar-refractivity contribution < 1.29 is 0 Å². The van der Waals surface area contributed by atoms with Gasteiger partial charge in [-0.1, -0.05) is 26.0 Å². The van der Waals surface area contributed by atoms with Gasteiger partial charge in [-0.3, -0.25) is 0 Å². The maximum Gasteiger partial charge on any atom is 0.164 e. The Hall–Kier alpha value is -1.79. The Morgan fingerprint density at radius 3 is 2.95 bits per heavy atom. The predicted molar refractivity (Wildman–Crippen MR) is 80.7 cm³/mol. The first kappa shape index (κ1) is 13.2. The van der Waals surface area contributed by atoms with Crippen molar-refractivity contribution in [2.24, 2.45) is 0 Å². The lowest BCUT2D eigenvalue weighted by Crippen LogP contribution is -2.22. The lowest BCUT2D eigenvalue weighted by atomic mass is 10.3. The summed E-state index contributed by atoms with van der Waals surface area (Å²) in [6.45, 7) is 5.59. The van der Waals surface area contributed by atoms with E-state index in [2.05, 4.69) is 40.3 Å². The van der Waals surface area contributed by atoms with Gasteiger partial charge in [0.15, 0.2) is 5.82 Å². The SMILES string of the molecule is CC(C)NCc1ncn(Cc2nc3ccccc3s2)n1. The summed E-state index contributed by atoms with van der Waals surface area (Å²) < 4.78 is 3.05. The zero-order valence-corrected chi connectivity index (χ0v) is 12.4. The lowest BCUT2D eigenvalue weighted by Gasteiger charge is -2.03. The molecular formula is C14H17N5S. The molecule has 0 bridgehead atoms. The molecule has 3 aromatic rings. The van der Waals surface area contributed by atoms with Gasteiger partial charge >= 0.3 is 0 Å². The fourth-order valence-electron chi connectivity index (χ4n) is 1.91. The van der Waals surface area contributed by atoms with Crippen molar-refractivity contribution in [2.45, 2.75) is 33.0 Å². The first-order valence-corrected chi connectivity index (χ1v) is 7.48. The first-order valence-electron chi connectivity index (χ1n) is 6.67. The Balaban J connectivity index is 1.71. The van der Waals surface area contributed by atoms with E-state index in [-0.39, 0.29) is 0 Å². The zero-order valence-electron chi connectivity index (χ0n) is 11.6. The normalized spacial score (nSPS) is 11.6.